The molecule has 7 nitrogen and oxygen atoms in total. The summed E-state index contributed by atoms with van der Waals surface area (Å²) in [6.07, 6.45) is 3.99. The Hall–Kier alpha value is -3.59. The highest BCUT2D eigenvalue weighted by atomic mass is 35.5. The number of hydrogen-bond donors (Lipinski definition) is 2. The van der Waals surface area contributed by atoms with E-state index in [4.69, 9.17) is 16.0 Å². The number of halogens is 2. The lowest BCUT2D eigenvalue weighted by molar-refractivity contribution is 0.148. The average molecular weight is 518 g/mol. The van der Waals surface area contributed by atoms with Gasteiger partial charge >= 0.3 is 0 Å². The Kier molecular flexibility index (Phi) is 6.24. The second-order valence-corrected chi connectivity index (χ2v) is 9.81. The Balaban J connectivity index is 1.47. The van der Waals surface area contributed by atoms with Crippen LogP contribution in [0.25, 0.3) is 45.1 Å². The topological polar surface area (TPSA) is 89.0 Å². The van der Waals surface area contributed by atoms with Crippen molar-refractivity contribution in [3.05, 3.63) is 77.3 Å². The van der Waals surface area contributed by atoms with Crippen LogP contribution in [0.4, 0.5) is 4.39 Å². The maximum absolute atomic E-state index is 15.6. The van der Waals surface area contributed by atoms with E-state index >= 15 is 4.39 Å². The molecule has 0 aliphatic heterocycles. The molecule has 3 aromatic carbocycles. The summed E-state index contributed by atoms with van der Waals surface area (Å²) in [6.45, 7) is 0.529. The lowest BCUT2D eigenvalue weighted by atomic mass is 9.94. The van der Waals surface area contributed by atoms with Gasteiger partial charge in [0.25, 0.3) is 0 Å². The zero-order valence-electron chi connectivity index (χ0n) is 20.2. The summed E-state index contributed by atoms with van der Waals surface area (Å²) in [6, 6.07) is 16.6. The van der Waals surface area contributed by atoms with Crippen LogP contribution in [0.2, 0.25) is 5.02 Å². The third-order valence-corrected chi connectivity index (χ3v) is 7.22. The molecule has 0 amide bonds. The van der Waals surface area contributed by atoms with E-state index in [-0.39, 0.29) is 23.6 Å². The number of nitrogens with zero attached hydrogens (tertiary/aromatic N) is 4. The van der Waals surface area contributed by atoms with Crippen molar-refractivity contribution < 1.29 is 13.9 Å². The molecule has 5 aromatic rings. The van der Waals surface area contributed by atoms with Crippen molar-refractivity contribution in [1.29, 1.82) is 0 Å². The van der Waals surface area contributed by atoms with Gasteiger partial charge in [-0.15, -0.1) is 10.2 Å². The molecule has 1 fully saturated rings. The van der Waals surface area contributed by atoms with Crippen LogP contribution in [0.5, 0.6) is 0 Å². The molecule has 1 saturated carbocycles. The summed E-state index contributed by atoms with van der Waals surface area (Å²) in [7, 11) is 1.81. The number of oxazole rings is 1. The molecule has 188 valence electrons. The number of aliphatic hydroxyl groups excluding tert-OH is 1. The van der Waals surface area contributed by atoms with Crippen LogP contribution in [0.15, 0.2) is 65.3 Å². The van der Waals surface area contributed by atoms with Gasteiger partial charge in [0.15, 0.2) is 11.4 Å². The smallest absolute Gasteiger partial charge is 0.231 e. The summed E-state index contributed by atoms with van der Waals surface area (Å²) >= 11 is 6.59. The van der Waals surface area contributed by atoms with Gasteiger partial charge < -0.3 is 19.4 Å². The highest BCUT2D eigenvalue weighted by Gasteiger charge is 2.27. The summed E-state index contributed by atoms with van der Waals surface area (Å²) in [5.74, 6) is 0.112. The van der Waals surface area contributed by atoms with E-state index in [0.29, 0.717) is 34.1 Å². The van der Waals surface area contributed by atoms with Crippen LogP contribution in [0, 0.1) is 5.82 Å². The molecule has 0 spiro atoms. The van der Waals surface area contributed by atoms with Crippen molar-refractivity contribution >= 4 is 22.7 Å². The van der Waals surface area contributed by atoms with Gasteiger partial charge in [-0.3, -0.25) is 0 Å². The standard InChI is InChI=1S/C28H25ClFN5O2/c1-35-15-32-34-27(35)24-18(17-6-3-2-4-7-17)10-11-20(30)25(24)28-33-22-13-16(12-19(29)26(22)37-28)14-31-21-8-5-9-23(21)36/h2-4,6-7,10-13,15,21,23,31,36H,5,8-9,14H2,1H3. The molecule has 9 heteroatoms. The molecule has 2 heterocycles. The van der Waals surface area contributed by atoms with Crippen molar-refractivity contribution in [3.63, 3.8) is 0 Å². The third kappa shape index (κ3) is 4.41. The lowest BCUT2D eigenvalue weighted by Gasteiger charge is -2.16. The largest absolute Gasteiger partial charge is 0.434 e. The van der Waals surface area contributed by atoms with Gasteiger partial charge in [0.2, 0.25) is 5.89 Å². The van der Waals surface area contributed by atoms with E-state index in [0.717, 1.165) is 36.0 Å². The Morgan fingerprint density at radius 3 is 2.70 bits per heavy atom. The second-order valence-electron chi connectivity index (χ2n) is 9.41. The average Bonchev–Trinajstić information content (AvgIpc) is 3.63. The summed E-state index contributed by atoms with van der Waals surface area (Å²) in [5, 5.41) is 22.2. The zero-order chi connectivity index (χ0) is 25.5. The van der Waals surface area contributed by atoms with E-state index in [1.165, 1.54) is 6.07 Å². The number of nitrogens with one attached hydrogen (secondary N) is 1. The fourth-order valence-corrected chi connectivity index (χ4v) is 5.34. The van der Waals surface area contributed by atoms with Crippen molar-refractivity contribution in [1.82, 2.24) is 25.1 Å². The van der Waals surface area contributed by atoms with Gasteiger partial charge in [0.1, 0.15) is 17.7 Å². The molecule has 6 rings (SSSR count). The molecule has 2 atom stereocenters. The van der Waals surface area contributed by atoms with Crippen LogP contribution in [0.1, 0.15) is 24.8 Å². The first-order valence-electron chi connectivity index (χ1n) is 12.2. The third-order valence-electron chi connectivity index (χ3n) is 6.94. The minimum Gasteiger partial charge on any atom is -0.434 e. The Morgan fingerprint density at radius 1 is 1.14 bits per heavy atom. The van der Waals surface area contributed by atoms with E-state index in [2.05, 4.69) is 20.5 Å². The molecular weight excluding hydrogens is 493 g/mol. The van der Waals surface area contributed by atoms with Gasteiger partial charge in [-0.05, 0) is 54.2 Å². The number of aryl methyl sites for hydroxylation is 1. The van der Waals surface area contributed by atoms with Crippen LogP contribution in [-0.4, -0.2) is 37.0 Å². The van der Waals surface area contributed by atoms with E-state index in [1.807, 2.05) is 49.5 Å². The highest BCUT2D eigenvalue weighted by molar-refractivity contribution is 6.34. The number of benzene rings is 3. The Morgan fingerprint density at radius 2 is 1.97 bits per heavy atom. The quantitative estimate of drug-likeness (QED) is 0.298. The van der Waals surface area contributed by atoms with E-state index < -0.39 is 5.82 Å². The number of aromatic nitrogens is 4. The van der Waals surface area contributed by atoms with Gasteiger partial charge in [-0.1, -0.05) is 48.0 Å². The number of rotatable bonds is 6. The number of hydrogen-bond acceptors (Lipinski definition) is 6. The van der Waals surface area contributed by atoms with Gasteiger partial charge in [0, 0.05) is 25.2 Å². The fraction of sp³-hybridized carbons (Fsp3) is 0.250. The summed E-state index contributed by atoms with van der Waals surface area (Å²) in [5.41, 5.74) is 4.22. The Labute approximate surface area is 217 Å². The fourth-order valence-electron chi connectivity index (χ4n) is 5.07. The molecule has 2 aromatic heterocycles. The van der Waals surface area contributed by atoms with E-state index in [9.17, 15) is 5.11 Å². The van der Waals surface area contributed by atoms with Crippen LogP contribution < -0.4 is 5.32 Å². The van der Waals surface area contributed by atoms with Crippen molar-refractivity contribution in [3.8, 4) is 34.0 Å². The lowest BCUT2D eigenvalue weighted by Crippen LogP contribution is -2.35. The molecule has 0 saturated heterocycles. The van der Waals surface area contributed by atoms with Crippen molar-refractivity contribution in [2.45, 2.75) is 38.0 Å². The van der Waals surface area contributed by atoms with Crippen LogP contribution in [-0.2, 0) is 13.6 Å². The summed E-state index contributed by atoms with van der Waals surface area (Å²) in [4.78, 5) is 4.67. The monoisotopic (exact) mass is 517 g/mol. The van der Waals surface area contributed by atoms with E-state index in [1.54, 1.807) is 17.0 Å². The van der Waals surface area contributed by atoms with Crippen LogP contribution >= 0.6 is 11.6 Å². The number of aliphatic hydroxyl groups is 1. The second kappa shape index (κ2) is 9.70. The van der Waals surface area contributed by atoms with Crippen LogP contribution in [0.3, 0.4) is 0 Å². The molecular formula is C28H25ClFN5O2. The maximum Gasteiger partial charge on any atom is 0.231 e. The maximum atomic E-state index is 15.6. The van der Waals surface area contributed by atoms with Gasteiger partial charge in [-0.25, -0.2) is 9.37 Å². The minimum atomic E-state index is -0.488. The Bertz CT molecular complexity index is 1580. The zero-order valence-corrected chi connectivity index (χ0v) is 20.9. The minimum absolute atomic E-state index is 0.0612. The van der Waals surface area contributed by atoms with Gasteiger partial charge in [0.05, 0.1) is 16.7 Å². The predicted octanol–water partition coefficient (Wildman–Crippen LogP) is 5.75. The van der Waals surface area contributed by atoms with Crippen molar-refractivity contribution in [2.75, 3.05) is 0 Å². The van der Waals surface area contributed by atoms with Crippen molar-refractivity contribution in [2.24, 2.45) is 7.05 Å². The SMILES string of the molecule is Cn1cnnc1-c1c(-c2ccccc2)ccc(F)c1-c1nc2cc(CNC3CCCC3O)cc(Cl)c2o1. The molecule has 0 bridgehead atoms. The first-order chi connectivity index (χ1) is 18.0. The summed E-state index contributed by atoms with van der Waals surface area (Å²) < 4.78 is 23.4. The first-order valence-corrected chi connectivity index (χ1v) is 12.6. The molecule has 37 heavy (non-hydrogen) atoms. The first kappa shape index (κ1) is 23.8. The molecule has 2 unspecified atom stereocenters. The van der Waals surface area contributed by atoms with Gasteiger partial charge in [-0.2, -0.15) is 0 Å². The molecule has 1 aliphatic carbocycles. The normalized spacial score (nSPS) is 17.6. The predicted molar refractivity (Wildman–Crippen MR) is 140 cm³/mol. The number of fused-ring (bicyclic) bond motifs is 1. The molecule has 1 aliphatic rings. The molecule has 2 N–H and O–H groups in total. The molecule has 0 radical (unpaired) electrons. The highest BCUT2D eigenvalue weighted by Crippen LogP contribution is 2.42.